The molecule has 3 aliphatic rings. The van der Waals surface area contributed by atoms with Crippen molar-refractivity contribution in [2.75, 3.05) is 38.4 Å². The second-order valence-electron chi connectivity index (χ2n) is 8.47. The lowest BCUT2D eigenvalue weighted by atomic mass is 9.64. The van der Waals surface area contributed by atoms with E-state index in [2.05, 4.69) is 24.5 Å². The Morgan fingerprint density at radius 2 is 1.93 bits per heavy atom. The topological polar surface area (TPSA) is 89.0 Å². The zero-order valence-electron chi connectivity index (χ0n) is 16.6. The average molecular weight is 515 g/mol. The van der Waals surface area contributed by atoms with Crippen LogP contribution in [0.3, 0.4) is 0 Å². The van der Waals surface area contributed by atoms with Crippen molar-refractivity contribution in [2.24, 2.45) is 16.3 Å². The lowest BCUT2D eigenvalue weighted by Gasteiger charge is -2.51. The van der Waals surface area contributed by atoms with Gasteiger partial charge in [0.2, 0.25) is 0 Å². The number of guanidine groups is 1. The minimum Gasteiger partial charge on any atom is -0.381 e. The predicted octanol–water partition coefficient (Wildman–Crippen LogP) is 1.57. The summed E-state index contributed by atoms with van der Waals surface area (Å²) < 4.78 is 34.3. The molecule has 0 aromatic carbocycles. The van der Waals surface area contributed by atoms with E-state index in [0.29, 0.717) is 24.4 Å². The molecular formula is C18H34IN3O4S. The van der Waals surface area contributed by atoms with Crippen molar-refractivity contribution >= 4 is 39.8 Å². The number of ether oxygens (including phenoxy) is 2. The third kappa shape index (κ3) is 5.93. The largest absolute Gasteiger partial charge is 0.381 e. The van der Waals surface area contributed by atoms with Gasteiger partial charge >= 0.3 is 0 Å². The summed E-state index contributed by atoms with van der Waals surface area (Å²) in [5, 5.41) is 7.11. The first-order valence-electron chi connectivity index (χ1n) is 9.68. The number of methoxy groups -OCH3 is 1. The van der Waals surface area contributed by atoms with E-state index in [9.17, 15) is 8.42 Å². The van der Waals surface area contributed by atoms with Gasteiger partial charge in [-0.1, -0.05) is 13.8 Å². The number of hydrogen-bond donors (Lipinski definition) is 2. The quantitative estimate of drug-likeness (QED) is 0.329. The van der Waals surface area contributed by atoms with Crippen LogP contribution in [0.5, 0.6) is 0 Å². The maximum Gasteiger partial charge on any atom is 0.191 e. The fourth-order valence-corrected chi connectivity index (χ4v) is 5.95. The first-order chi connectivity index (χ1) is 12.3. The molecule has 7 nitrogen and oxygen atoms in total. The second kappa shape index (κ2) is 9.58. The molecule has 0 bridgehead atoms. The van der Waals surface area contributed by atoms with Crippen molar-refractivity contribution in [1.82, 2.24) is 10.6 Å². The number of nitrogens with one attached hydrogen (secondary N) is 2. The monoisotopic (exact) mass is 515 g/mol. The Bertz CT molecular complexity index is 620. The van der Waals surface area contributed by atoms with Gasteiger partial charge in [-0.3, -0.25) is 4.99 Å². The van der Waals surface area contributed by atoms with Gasteiger partial charge in [0.15, 0.2) is 15.8 Å². The summed E-state index contributed by atoms with van der Waals surface area (Å²) in [6.45, 7) is 6.51. The summed E-state index contributed by atoms with van der Waals surface area (Å²) in [6.07, 6.45) is 3.86. The van der Waals surface area contributed by atoms with E-state index in [1.54, 1.807) is 7.11 Å². The van der Waals surface area contributed by atoms with Gasteiger partial charge < -0.3 is 20.1 Å². The van der Waals surface area contributed by atoms with Crippen LogP contribution in [0, 0.1) is 11.3 Å². The van der Waals surface area contributed by atoms with Gasteiger partial charge in [-0.25, -0.2) is 8.42 Å². The SMILES string of the molecule is COC1CC(NC(=NCC2CCS(=O)(=O)C2)NC2CCOCC2)C1(C)C.I. The van der Waals surface area contributed by atoms with E-state index in [1.807, 2.05) is 0 Å². The molecule has 2 heterocycles. The predicted molar refractivity (Wildman–Crippen MR) is 118 cm³/mol. The Balaban J connectivity index is 0.00000261. The molecule has 0 amide bonds. The maximum atomic E-state index is 11.7. The molecule has 3 rings (SSSR count). The molecule has 2 aliphatic heterocycles. The van der Waals surface area contributed by atoms with E-state index < -0.39 is 9.84 Å². The summed E-state index contributed by atoms with van der Waals surface area (Å²) in [5.74, 6) is 1.50. The van der Waals surface area contributed by atoms with Crippen molar-refractivity contribution in [3.05, 3.63) is 0 Å². The number of sulfone groups is 1. The van der Waals surface area contributed by atoms with Crippen LogP contribution < -0.4 is 10.6 Å². The number of rotatable bonds is 5. The highest BCUT2D eigenvalue weighted by atomic mass is 127. The Morgan fingerprint density at radius 3 is 2.48 bits per heavy atom. The van der Waals surface area contributed by atoms with Crippen LogP contribution in [0.2, 0.25) is 0 Å². The molecule has 158 valence electrons. The maximum absolute atomic E-state index is 11.7. The Morgan fingerprint density at radius 1 is 1.22 bits per heavy atom. The lowest BCUT2D eigenvalue weighted by molar-refractivity contribution is -0.0923. The zero-order chi connectivity index (χ0) is 18.8. The number of nitrogens with zero attached hydrogens (tertiary/aromatic N) is 1. The molecule has 3 unspecified atom stereocenters. The Kier molecular flexibility index (Phi) is 8.21. The molecule has 0 spiro atoms. The number of aliphatic imine (C=N–C) groups is 1. The molecule has 2 N–H and O–H groups in total. The number of hydrogen-bond acceptors (Lipinski definition) is 5. The zero-order valence-corrected chi connectivity index (χ0v) is 19.7. The van der Waals surface area contributed by atoms with Crippen molar-refractivity contribution in [1.29, 1.82) is 0 Å². The summed E-state index contributed by atoms with van der Waals surface area (Å²) in [7, 11) is -1.10. The molecule has 0 aromatic rings. The van der Waals surface area contributed by atoms with Crippen LogP contribution in [0.15, 0.2) is 4.99 Å². The molecule has 9 heteroatoms. The molecular weight excluding hydrogens is 481 g/mol. The van der Waals surface area contributed by atoms with E-state index in [0.717, 1.165) is 44.9 Å². The van der Waals surface area contributed by atoms with Gasteiger partial charge in [0.1, 0.15) is 0 Å². The van der Waals surface area contributed by atoms with Crippen molar-refractivity contribution in [3.8, 4) is 0 Å². The molecule has 3 fully saturated rings. The summed E-state index contributed by atoms with van der Waals surface area (Å²) in [5.41, 5.74) is 0.0452. The van der Waals surface area contributed by atoms with Gasteiger partial charge in [-0.2, -0.15) is 0 Å². The fraction of sp³-hybridized carbons (Fsp3) is 0.944. The van der Waals surface area contributed by atoms with Gasteiger partial charge in [0, 0.05) is 44.4 Å². The van der Waals surface area contributed by atoms with Crippen LogP contribution >= 0.6 is 24.0 Å². The first-order valence-corrected chi connectivity index (χ1v) is 11.5. The third-order valence-corrected chi connectivity index (χ3v) is 8.01. The molecule has 3 atom stereocenters. The molecule has 27 heavy (non-hydrogen) atoms. The van der Waals surface area contributed by atoms with Crippen LogP contribution in [0.1, 0.15) is 39.5 Å². The first kappa shape index (κ1) is 23.2. The molecule has 0 aromatic heterocycles. The van der Waals surface area contributed by atoms with Crippen molar-refractivity contribution in [3.63, 3.8) is 0 Å². The lowest BCUT2D eigenvalue weighted by Crippen LogP contribution is -2.64. The van der Waals surface area contributed by atoms with Gasteiger partial charge in [-0.15, -0.1) is 24.0 Å². The van der Waals surface area contributed by atoms with Crippen LogP contribution in [0.4, 0.5) is 0 Å². The van der Waals surface area contributed by atoms with Crippen molar-refractivity contribution < 1.29 is 17.9 Å². The number of halogens is 1. The smallest absolute Gasteiger partial charge is 0.191 e. The van der Waals surface area contributed by atoms with Crippen LogP contribution in [-0.4, -0.2) is 70.9 Å². The second-order valence-corrected chi connectivity index (χ2v) is 10.7. The van der Waals surface area contributed by atoms with Crippen LogP contribution in [0.25, 0.3) is 0 Å². The highest BCUT2D eigenvalue weighted by Crippen LogP contribution is 2.42. The van der Waals surface area contributed by atoms with E-state index in [4.69, 9.17) is 14.5 Å². The summed E-state index contributed by atoms with van der Waals surface area (Å²) in [4.78, 5) is 4.75. The van der Waals surface area contributed by atoms with Gasteiger partial charge in [0.25, 0.3) is 0 Å². The van der Waals surface area contributed by atoms with E-state index >= 15 is 0 Å². The Labute approximate surface area is 180 Å². The Hall–Kier alpha value is -0.130. The van der Waals surface area contributed by atoms with Gasteiger partial charge in [-0.05, 0) is 31.6 Å². The summed E-state index contributed by atoms with van der Waals surface area (Å²) >= 11 is 0. The average Bonchev–Trinajstić information content (AvgIpc) is 2.95. The van der Waals surface area contributed by atoms with E-state index in [-0.39, 0.29) is 47.2 Å². The van der Waals surface area contributed by atoms with Crippen LogP contribution in [-0.2, 0) is 19.3 Å². The highest BCUT2D eigenvalue weighted by molar-refractivity contribution is 14.0. The van der Waals surface area contributed by atoms with Gasteiger partial charge in [0.05, 0.1) is 17.6 Å². The highest BCUT2D eigenvalue weighted by Gasteiger charge is 2.49. The summed E-state index contributed by atoms with van der Waals surface area (Å²) in [6, 6.07) is 0.648. The standard InChI is InChI=1S/C18H33N3O4S.HI/c1-18(2)15(10-16(18)24-3)21-17(20-14-4-7-25-8-5-14)19-11-13-6-9-26(22,23)12-13;/h13-16H,4-12H2,1-3H3,(H2,19,20,21);1H. The molecule has 1 saturated carbocycles. The molecule has 0 radical (unpaired) electrons. The minimum atomic E-state index is -2.86. The molecule has 1 aliphatic carbocycles. The fourth-order valence-electron chi connectivity index (χ4n) is 4.10. The minimum absolute atomic E-state index is 0. The van der Waals surface area contributed by atoms with Crippen molar-refractivity contribution in [2.45, 2.75) is 57.7 Å². The third-order valence-electron chi connectivity index (χ3n) is 6.17. The van der Waals surface area contributed by atoms with E-state index in [1.165, 1.54) is 0 Å². The molecule has 2 saturated heterocycles. The normalized spacial score (nSPS) is 33.0.